The maximum Gasteiger partial charge on any atom is 0.232 e. The van der Waals surface area contributed by atoms with E-state index in [-0.39, 0.29) is 29.0 Å². The molecule has 0 saturated carbocycles. The molecule has 1 unspecified atom stereocenters. The highest BCUT2D eigenvalue weighted by Gasteiger charge is 2.15. The topological polar surface area (TPSA) is 93.4 Å². The first-order chi connectivity index (χ1) is 12.0. The Kier molecular flexibility index (Phi) is 5.97. The third-order valence-electron chi connectivity index (χ3n) is 3.62. The van der Waals surface area contributed by atoms with Gasteiger partial charge in [-0.2, -0.15) is 5.26 Å². The number of phenols is 2. The van der Waals surface area contributed by atoms with Gasteiger partial charge >= 0.3 is 0 Å². The second-order valence-corrected chi connectivity index (χ2v) is 5.42. The van der Waals surface area contributed by atoms with Crippen LogP contribution in [0, 0.1) is 11.3 Å². The second-order valence-electron chi connectivity index (χ2n) is 5.42. The molecule has 2 aromatic carbocycles. The molecular weight excluding hydrogens is 316 g/mol. The average Bonchev–Trinajstić information content (AvgIpc) is 2.63. The SMILES string of the molecule is CC(C(=O)N/C(C#N)=C/C=C/c1ccc(O)c(O)c1)c1ccccc1. The number of amides is 1. The number of carbonyl (C=O) groups is 1. The highest BCUT2D eigenvalue weighted by molar-refractivity contribution is 5.85. The predicted molar refractivity (Wildman–Crippen MR) is 95.5 cm³/mol. The van der Waals surface area contributed by atoms with Crippen LogP contribution in [0.2, 0.25) is 0 Å². The number of allylic oxidation sites excluding steroid dienone is 3. The molecule has 0 aliphatic carbocycles. The Morgan fingerprint density at radius 3 is 2.52 bits per heavy atom. The molecule has 0 aliphatic rings. The number of aromatic hydroxyl groups is 2. The first-order valence-corrected chi connectivity index (χ1v) is 7.67. The molecule has 0 radical (unpaired) electrons. The van der Waals surface area contributed by atoms with Crippen LogP contribution in [0.3, 0.4) is 0 Å². The smallest absolute Gasteiger partial charge is 0.232 e. The molecule has 0 fully saturated rings. The van der Waals surface area contributed by atoms with Gasteiger partial charge in [0.1, 0.15) is 11.8 Å². The predicted octanol–water partition coefficient (Wildman–Crippen LogP) is 3.44. The van der Waals surface area contributed by atoms with Crippen LogP contribution in [0.15, 0.2) is 66.4 Å². The number of hydrogen-bond donors (Lipinski definition) is 3. The molecule has 1 amide bonds. The Bertz CT molecular complexity index is 849. The van der Waals surface area contributed by atoms with E-state index < -0.39 is 0 Å². The summed E-state index contributed by atoms with van der Waals surface area (Å²) in [7, 11) is 0. The summed E-state index contributed by atoms with van der Waals surface area (Å²) in [5.41, 5.74) is 1.63. The van der Waals surface area contributed by atoms with Crippen LogP contribution in [0.1, 0.15) is 24.0 Å². The van der Waals surface area contributed by atoms with Crippen LogP contribution >= 0.6 is 0 Å². The maximum absolute atomic E-state index is 12.2. The summed E-state index contributed by atoms with van der Waals surface area (Å²) in [5.74, 6) is -1.07. The number of carbonyl (C=O) groups excluding carboxylic acids is 1. The minimum Gasteiger partial charge on any atom is -0.504 e. The summed E-state index contributed by atoms with van der Waals surface area (Å²) in [6.07, 6.45) is 4.70. The van der Waals surface area contributed by atoms with Crippen molar-refractivity contribution >= 4 is 12.0 Å². The van der Waals surface area contributed by atoms with Crippen molar-refractivity contribution in [3.63, 3.8) is 0 Å². The molecule has 0 saturated heterocycles. The lowest BCUT2D eigenvalue weighted by molar-refractivity contribution is -0.121. The summed E-state index contributed by atoms with van der Waals surface area (Å²) in [6, 6.07) is 15.6. The van der Waals surface area contributed by atoms with Gasteiger partial charge in [0.2, 0.25) is 5.91 Å². The van der Waals surface area contributed by atoms with E-state index in [1.54, 1.807) is 25.1 Å². The molecule has 2 rings (SSSR count). The zero-order valence-corrected chi connectivity index (χ0v) is 13.7. The molecule has 1 atom stereocenters. The first-order valence-electron chi connectivity index (χ1n) is 7.67. The number of rotatable bonds is 5. The standard InChI is InChI=1S/C20H18N2O3/c1-14(16-7-3-2-4-8-16)20(25)22-17(13-21)9-5-6-15-10-11-18(23)19(24)12-15/h2-12,14,23-24H,1H3,(H,22,25)/b6-5+,17-9+. The monoisotopic (exact) mass is 334 g/mol. The molecule has 5 heteroatoms. The summed E-state index contributed by atoms with van der Waals surface area (Å²) < 4.78 is 0. The van der Waals surface area contributed by atoms with Crippen molar-refractivity contribution in [2.45, 2.75) is 12.8 Å². The fraction of sp³-hybridized carbons (Fsp3) is 0.100. The Balaban J connectivity index is 2.05. The summed E-state index contributed by atoms with van der Waals surface area (Å²) >= 11 is 0. The van der Waals surface area contributed by atoms with E-state index in [0.717, 1.165) is 5.56 Å². The zero-order chi connectivity index (χ0) is 18.2. The number of nitrogens with one attached hydrogen (secondary N) is 1. The minimum absolute atomic E-state index is 0.118. The zero-order valence-electron chi connectivity index (χ0n) is 13.7. The fourth-order valence-corrected chi connectivity index (χ4v) is 2.14. The van der Waals surface area contributed by atoms with Crippen LogP contribution < -0.4 is 5.32 Å². The van der Waals surface area contributed by atoms with Gasteiger partial charge in [-0.05, 0) is 36.3 Å². The van der Waals surface area contributed by atoms with Gasteiger partial charge < -0.3 is 15.5 Å². The largest absolute Gasteiger partial charge is 0.504 e. The van der Waals surface area contributed by atoms with Gasteiger partial charge in [0, 0.05) is 0 Å². The maximum atomic E-state index is 12.2. The molecule has 126 valence electrons. The Hall–Kier alpha value is -3.52. The normalized spacial score (nSPS) is 12.6. The summed E-state index contributed by atoms with van der Waals surface area (Å²) in [4.78, 5) is 12.2. The number of nitrogens with zero attached hydrogens (tertiary/aromatic N) is 1. The minimum atomic E-state index is -0.379. The number of hydrogen-bond acceptors (Lipinski definition) is 4. The van der Waals surface area contributed by atoms with E-state index in [1.165, 1.54) is 18.2 Å². The van der Waals surface area contributed by atoms with E-state index in [9.17, 15) is 15.0 Å². The molecule has 25 heavy (non-hydrogen) atoms. The third-order valence-corrected chi connectivity index (χ3v) is 3.62. The first kappa shape index (κ1) is 17.8. The van der Waals surface area contributed by atoms with Crippen LogP contribution in [-0.4, -0.2) is 16.1 Å². The van der Waals surface area contributed by atoms with Crippen LogP contribution in [0.5, 0.6) is 11.5 Å². The average molecular weight is 334 g/mol. The van der Waals surface area contributed by atoms with Gasteiger partial charge in [-0.25, -0.2) is 0 Å². The van der Waals surface area contributed by atoms with Crippen molar-refractivity contribution in [2.24, 2.45) is 0 Å². The van der Waals surface area contributed by atoms with E-state index >= 15 is 0 Å². The molecule has 3 N–H and O–H groups in total. The van der Waals surface area contributed by atoms with E-state index in [2.05, 4.69) is 5.32 Å². The van der Waals surface area contributed by atoms with Crippen molar-refractivity contribution in [2.75, 3.05) is 0 Å². The number of phenolic OH excluding ortho intramolecular Hbond substituents is 2. The highest BCUT2D eigenvalue weighted by Crippen LogP contribution is 2.25. The van der Waals surface area contributed by atoms with E-state index in [1.807, 2.05) is 36.4 Å². The van der Waals surface area contributed by atoms with Crippen molar-refractivity contribution in [1.82, 2.24) is 5.32 Å². The van der Waals surface area contributed by atoms with Crippen molar-refractivity contribution < 1.29 is 15.0 Å². The Morgan fingerprint density at radius 1 is 1.16 bits per heavy atom. The Labute approximate surface area is 146 Å². The van der Waals surface area contributed by atoms with Crippen molar-refractivity contribution in [1.29, 1.82) is 5.26 Å². The second kappa shape index (κ2) is 8.37. The lowest BCUT2D eigenvalue weighted by Gasteiger charge is -2.11. The van der Waals surface area contributed by atoms with Gasteiger partial charge in [-0.1, -0.05) is 48.6 Å². The molecule has 5 nitrogen and oxygen atoms in total. The van der Waals surface area contributed by atoms with E-state index in [0.29, 0.717) is 5.56 Å². The third kappa shape index (κ3) is 4.98. The molecular formula is C20H18N2O3. The quantitative estimate of drug-likeness (QED) is 0.443. The molecule has 0 spiro atoms. The molecule has 2 aromatic rings. The van der Waals surface area contributed by atoms with E-state index in [4.69, 9.17) is 5.26 Å². The molecule has 0 bridgehead atoms. The van der Waals surface area contributed by atoms with Crippen LogP contribution in [0.25, 0.3) is 6.08 Å². The van der Waals surface area contributed by atoms with Gasteiger partial charge in [-0.15, -0.1) is 0 Å². The Morgan fingerprint density at radius 2 is 1.88 bits per heavy atom. The fourth-order valence-electron chi connectivity index (χ4n) is 2.14. The molecule has 0 heterocycles. The molecule has 0 aromatic heterocycles. The van der Waals surface area contributed by atoms with Gasteiger partial charge in [-0.3, -0.25) is 4.79 Å². The number of nitriles is 1. The number of benzene rings is 2. The van der Waals surface area contributed by atoms with Gasteiger partial charge in [0.05, 0.1) is 5.92 Å². The summed E-state index contributed by atoms with van der Waals surface area (Å²) in [6.45, 7) is 1.77. The lowest BCUT2D eigenvalue weighted by Crippen LogP contribution is -2.26. The van der Waals surface area contributed by atoms with Gasteiger partial charge in [0.15, 0.2) is 11.5 Å². The highest BCUT2D eigenvalue weighted by atomic mass is 16.3. The van der Waals surface area contributed by atoms with Crippen LogP contribution in [-0.2, 0) is 4.79 Å². The van der Waals surface area contributed by atoms with Crippen LogP contribution in [0.4, 0.5) is 0 Å². The lowest BCUT2D eigenvalue weighted by atomic mass is 10.0. The van der Waals surface area contributed by atoms with Gasteiger partial charge in [0.25, 0.3) is 0 Å². The van der Waals surface area contributed by atoms with Crippen molar-refractivity contribution in [3.05, 3.63) is 77.5 Å². The van der Waals surface area contributed by atoms with Crippen molar-refractivity contribution in [3.8, 4) is 17.6 Å². The molecule has 0 aliphatic heterocycles. The summed E-state index contributed by atoms with van der Waals surface area (Å²) in [5, 5.41) is 30.5.